The number of carbonyl (C=O) groups is 1. The first-order chi connectivity index (χ1) is 16.4. The lowest BCUT2D eigenvalue weighted by atomic mass is 9.93. The molecule has 0 atom stereocenters. The highest BCUT2D eigenvalue weighted by molar-refractivity contribution is 6.33. The lowest BCUT2D eigenvalue weighted by Crippen LogP contribution is -2.34. The van der Waals surface area contributed by atoms with Crippen molar-refractivity contribution in [1.29, 1.82) is 0 Å². The van der Waals surface area contributed by atoms with Crippen LogP contribution in [0.15, 0.2) is 57.7 Å². The minimum atomic E-state index is -0.355. The molecule has 1 heterocycles. The van der Waals surface area contributed by atoms with Gasteiger partial charge in [0.15, 0.2) is 0 Å². The van der Waals surface area contributed by atoms with E-state index in [4.69, 9.17) is 27.6 Å². The monoisotopic (exact) mass is 495 g/mol. The number of hydrogen-bond donors (Lipinski definition) is 2. The Labute approximate surface area is 206 Å². The molecule has 7 heteroatoms. The van der Waals surface area contributed by atoms with E-state index in [-0.39, 0.29) is 33.2 Å². The molecule has 1 fully saturated rings. The summed E-state index contributed by atoms with van der Waals surface area (Å²) < 4.78 is 5.90. The molecule has 2 aromatic carbocycles. The summed E-state index contributed by atoms with van der Waals surface area (Å²) in [7, 11) is 0. The van der Waals surface area contributed by atoms with E-state index in [9.17, 15) is 14.7 Å². The lowest BCUT2D eigenvalue weighted by molar-refractivity contribution is 0.0933. The van der Waals surface area contributed by atoms with Crippen LogP contribution in [0, 0.1) is 0 Å². The van der Waals surface area contributed by atoms with Crippen LogP contribution in [0.2, 0.25) is 10.0 Å². The summed E-state index contributed by atoms with van der Waals surface area (Å²) in [6.45, 7) is 0. The molecule has 1 amide bonds. The van der Waals surface area contributed by atoms with Crippen LogP contribution >= 0.6 is 23.2 Å². The number of aromatic hydroxyl groups is 1. The van der Waals surface area contributed by atoms with Gasteiger partial charge in [-0.15, -0.1) is 0 Å². The lowest BCUT2D eigenvalue weighted by Gasteiger charge is -2.17. The highest BCUT2D eigenvalue weighted by Crippen LogP contribution is 2.43. The van der Waals surface area contributed by atoms with Crippen LogP contribution in [0.3, 0.4) is 0 Å². The molecule has 0 spiro atoms. The van der Waals surface area contributed by atoms with E-state index in [1.54, 1.807) is 24.3 Å². The molecule has 0 aromatic heterocycles. The van der Waals surface area contributed by atoms with Crippen molar-refractivity contribution in [3.8, 4) is 28.2 Å². The number of amides is 1. The van der Waals surface area contributed by atoms with Gasteiger partial charge in [-0.3, -0.25) is 9.59 Å². The number of fused-ring (bicyclic) bond motifs is 2. The minimum absolute atomic E-state index is 0.0765. The SMILES string of the molecule is O=C(NC1CCCCCC1)c1ccc(-c2c3cc(Cl)c(=O)cc-3oc3cc(O)c(Cl)cc23)cc1. The van der Waals surface area contributed by atoms with Crippen molar-refractivity contribution in [2.75, 3.05) is 0 Å². The second-order valence-corrected chi connectivity index (χ2v) is 9.61. The zero-order valence-corrected chi connectivity index (χ0v) is 19.9. The highest BCUT2D eigenvalue weighted by Gasteiger charge is 2.21. The van der Waals surface area contributed by atoms with Crippen LogP contribution in [0.4, 0.5) is 0 Å². The van der Waals surface area contributed by atoms with Crippen LogP contribution in [0.5, 0.6) is 5.75 Å². The smallest absolute Gasteiger partial charge is 0.251 e. The second-order valence-electron chi connectivity index (χ2n) is 8.79. The van der Waals surface area contributed by atoms with Crippen LogP contribution in [-0.2, 0) is 0 Å². The van der Waals surface area contributed by atoms with Crippen molar-refractivity contribution in [3.63, 3.8) is 0 Å². The first-order valence-electron chi connectivity index (χ1n) is 11.4. The number of halogens is 2. The van der Waals surface area contributed by atoms with Gasteiger partial charge in [0.2, 0.25) is 5.43 Å². The van der Waals surface area contributed by atoms with Gasteiger partial charge in [-0.1, -0.05) is 61.0 Å². The standard InChI is InChI=1S/C27H23Cl2NO4/c28-20-11-18-24(13-22(20)31)34-25-14-23(32)21(29)12-19(25)26(18)15-7-9-16(10-8-15)27(33)30-17-5-3-1-2-4-6-17/h7-14,17,31H,1-6H2,(H,30,33). The molecule has 2 aromatic rings. The molecule has 0 bridgehead atoms. The number of hydrogen-bond acceptors (Lipinski definition) is 4. The Kier molecular flexibility index (Phi) is 6.24. The molecule has 3 aliphatic rings. The van der Waals surface area contributed by atoms with Crippen LogP contribution in [-0.4, -0.2) is 17.1 Å². The number of rotatable bonds is 3. The third-order valence-corrected chi connectivity index (χ3v) is 7.07. The molecule has 0 unspecified atom stereocenters. The van der Waals surface area contributed by atoms with E-state index >= 15 is 0 Å². The minimum Gasteiger partial charge on any atom is -0.506 e. The molecule has 34 heavy (non-hydrogen) atoms. The molecule has 1 saturated carbocycles. The summed E-state index contributed by atoms with van der Waals surface area (Å²) in [4.78, 5) is 25.0. The zero-order valence-electron chi connectivity index (χ0n) is 18.4. The fourth-order valence-electron chi connectivity index (χ4n) is 4.69. The van der Waals surface area contributed by atoms with Crippen LogP contribution in [0.25, 0.3) is 33.4 Å². The van der Waals surface area contributed by atoms with Crippen molar-refractivity contribution in [1.82, 2.24) is 5.32 Å². The predicted octanol–water partition coefficient (Wildman–Crippen LogP) is 7.03. The molecule has 0 saturated heterocycles. The molecule has 0 radical (unpaired) electrons. The fraction of sp³-hybridized carbons (Fsp3) is 0.259. The van der Waals surface area contributed by atoms with Crippen molar-refractivity contribution in [2.24, 2.45) is 0 Å². The molecule has 2 aliphatic carbocycles. The summed E-state index contributed by atoms with van der Waals surface area (Å²) >= 11 is 12.4. The van der Waals surface area contributed by atoms with Gasteiger partial charge in [0.1, 0.15) is 17.1 Å². The van der Waals surface area contributed by atoms with Crippen molar-refractivity contribution in [3.05, 3.63) is 74.4 Å². The molecule has 5 nitrogen and oxygen atoms in total. The molecular formula is C27H23Cl2NO4. The first-order valence-corrected chi connectivity index (χ1v) is 12.2. The zero-order chi connectivity index (χ0) is 23.8. The second kappa shape index (κ2) is 9.32. The number of phenolic OH excluding ortho intramolecular Hbond substituents is 1. The molecule has 174 valence electrons. The van der Waals surface area contributed by atoms with Crippen LogP contribution in [0.1, 0.15) is 48.9 Å². The van der Waals surface area contributed by atoms with E-state index in [1.807, 2.05) is 12.1 Å². The third-order valence-electron chi connectivity index (χ3n) is 6.47. The number of phenols is 1. The summed E-state index contributed by atoms with van der Waals surface area (Å²) in [6.07, 6.45) is 6.79. The van der Waals surface area contributed by atoms with E-state index < -0.39 is 0 Å². The van der Waals surface area contributed by atoms with Gasteiger partial charge in [-0.2, -0.15) is 0 Å². The Bertz CT molecular complexity index is 1400. The van der Waals surface area contributed by atoms with Crippen molar-refractivity contribution < 1.29 is 14.3 Å². The van der Waals surface area contributed by atoms with Gasteiger partial charge in [0.25, 0.3) is 5.91 Å². The maximum absolute atomic E-state index is 12.8. The van der Waals surface area contributed by atoms with Gasteiger partial charge in [-0.05, 0) is 42.7 Å². The van der Waals surface area contributed by atoms with E-state index in [0.29, 0.717) is 27.9 Å². The Balaban J connectivity index is 1.57. The largest absolute Gasteiger partial charge is 0.506 e. The topological polar surface area (TPSA) is 79.5 Å². The average Bonchev–Trinajstić information content (AvgIpc) is 3.09. The number of carbonyl (C=O) groups excluding carboxylic acids is 1. The van der Waals surface area contributed by atoms with Gasteiger partial charge < -0.3 is 14.8 Å². The normalized spacial score (nSPS) is 14.9. The molecule has 1 aliphatic heterocycles. The Hall–Kier alpha value is -3.02. The Morgan fingerprint density at radius 1 is 0.941 bits per heavy atom. The first kappa shape index (κ1) is 22.8. The van der Waals surface area contributed by atoms with Gasteiger partial charge in [0.05, 0.1) is 10.0 Å². The summed E-state index contributed by atoms with van der Waals surface area (Å²) in [6, 6.07) is 13.5. The summed E-state index contributed by atoms with van der Waals surface area (Å²) in [5.74, 6) is 0.141. The predicted molar refractivity (Wildman–Crippen MR) is 135 cm³/mol. The third kappa shape index (κ3) is 4.38. The highest BCUT2D eigenvalue weighted by atomic mass is 35.5. The number of nitrogens with one attached hydrogen (secondary N) is 1. The van der Waals surface area contributed by atoms with E-state index in [2.05, 4.69) is 5.32 Å². The Morgan fingerprint density at radius 3 is 2.35 bits per heavy atom. The summed E-state index contributed by atoms with van der Waals surface area (Å²) in [5, 5.41) is 14.2. The molecular weight excluding hydrogens is 473 g/mol. The average molecular weight is 496 g/mol. The van der Waals surface area contributed by atoms with Gasteiger partial charge >= 0.3 is 0 Å². The fourth-order valence-corrected chi connectivity index (χ4v) is 5.02. The summed E-state index contributed by atoms with van der Waals surface area (Å²) in [5.41, 5.74) is 2.78. The van der Waals surface area contributed by atoms with E-state index in [0.717, 1.165) is 36.8 Å². The maximum Gasteiger partial charge on any atom is 0.251 e. The van der Waals surface area contributed by atoms with E-state index in [1.165, 1.54) is 25.0 Å². The maximum atomic E-state index is 12.8. The van der Waals surface area contributed by atoms with Crippen LogP contribution < -0.4 is 10.7 Å². The van der Waals surface area contributed by atoms with Gasteiger partial charge in [-0.25, -0.2) is 0 Å². The molecule has 2 N–H and O–H groups in total. The number of benzene rings is 3. The van der Waals surface area contributed by atoms with Crippen molar-refractivity contribution in [2.45, 2.75) is 44.6 Å². The van der Waals surface area contributed by atoms with Crippen molar-refractivity contribution >= 4 is 40.1 Å². The molecule has 5 rings (SSSR count). The quantitative estimate of drug-likeness (QED) is 0.236. The Morgan fingerprint density at radius 2 is 1.65 bits per heavy atom. The van der Waals surface area contributed by atoms with Gasteiger partial charge in [0, 0.05) is 40.3 Å².